The molecule has 33 heavy (non-hydrogen) atoms. The summed E-state index contributed by atoms with van der Waals surface area (Å²) in [5.41, 5.74) is 6.49. The second kappa shape index (κ2) is 9.53. The zero-order valence-electron chi connectivity index (χ0n) is 17.3. The molecule has 2 fully saturated rings. The second-order valence-electron chi connectivity index (χ2n) is 7.80. The molecule has 4 rings (SSSR count). The van der Waals surface area contributed by atoms with Crippen LogP contribution in [0.3, 0.4) is 0 Å². The summed E-state index contributed by atoms with van der Waals surface area (Å²) in [6.07, 6.45) is 1.58. The summed E-state index contributed by atoms with van der Waals surface area (Å²) in [4.78, 5) is 19.9. The Morgan fingerprint density at radius 3 is 2.64 bits per heavy atom. The number of carboxylic acid groups (broad SMARTS) is 1. The summed E-state index contributed by atoms with van der Waals surface area (Å²) in [5.74, 6) is 5.21. The number of fused-ring (bicyclic) bond motifs is 1. The van der Waals surface area contributed by atoms with Gasteiger partial charge in [-0.3, -0.25) is 4.79 Å². The van der Waals surface area contributed by atoms with Crippen LogP contribution in [0.2, 0.25) is 5.02 Å². The van der Waals surface area contributed by atoms with Gasteiger partial charge >= 0.3 is 12.6 Å². The molecular weight excluding hydrogens is 480 g/mol. The van der Waals surface area contributed by atoms with Crippen molar-refractivity contribution in [2.45, 2.75) is 6.61 Å². The summed E-state index contributed by atoms with van der Waals surface area (Å²) in [6.45, 7) is -0.527. The third-order valence-corrected chi connectivity index (χ3v) is 6.83. The van der Waals surface area contributed by atoms with Gasteiger partial charge in [0.25, 0.3) is 0 Å². The number of carbonyl (C=O) groups is 1. The fourth-order valence-corrected chi connectivity index (χ4v) is 5.17. The number of hydrazone groups is 1. The zero-order chi connectivity index (χ0) is 23.7. The quantitative estimate of drug-likeness (QED) is 0.214. The van der Waals surface area contributed by atoms with E-state index in [-0.39, 0.29) is 11.6 Å². The van der Waals surface area contributed by atoms with E-state index in [0.717, 1.165) is 23.3 Å². The number of amidine groups is 1. The number of nitrogens with two attached hydrogens (primary N) is 2. The first kappa shape index (κ1) is 23.3. The number of halogens is 3. The molecule has 2 unspecified atom stereocenters. The number of benzene rings is 1. The molecule has 2 aliphatic heterocycles. The SMILES string of the molecule is N/C(=N\N(N)CC(=O)O)c1cnc(N2CC3CN(c4cc(Cl)ccc4OC(F)F)CC3C2)s1. The lowest BCUT2D eigenvalue weighted by Crippen LogP contribution is -2.33. The highest BCUT2D eigenvalue weighted by Crippen LogP contribution is 2.41. The van der Waals surface area contributed by atoms with E-state index in [1.807, 2.05) is 4.90 Å². The molecule has 10 nitrogen and oxygen atoms in total. The molecule has 2 aliphatic rings. The smallest absolute Gasteiger partial charge is 0.387 e. The van der Waals surface area contributed by atoms with Crippen molar-refractivity contribution in [1.29, 1.82) is 0 Å². The van der Waals surface area contributed by atoms with Gasteiger partial charge < -0.3 is 25.4 Å². The number of hydrazine groups is 1. The van der Waals surface area contributed by atoms with Crippen molar-refractivity contribution in [3.8, 4) is 5.75 Å². The van der Waals surface area contributed by atoms with Crippen LogP contribution in [0.4, 0.5) is 19.6 Å². The monoisotopic (exact) mass is 501 g/mol. The van der Waals surface area contributed by atoms with Crippen LogP contribution in [-0.2, 0) is 4.79 Å². The Morgan fingerprint density at radius 2 is 2.00 bits per heavy atom. The van der Waals surface area contributed by atoms with Gasteiger partial charge in [-0.15, -0.1) is 5.10 Å². The van der Waals surface area contributed by atoms with Crippen LogP contribution in [0.5, 0.6) is 5.75 Å². The van der Waals surface area contributed by atoms with E-state index in [0.29, 0.717) is 40.5 Å². The molecular formula is C19H22ClF2N7O3S. The second-order valence-corrected chi connectivity index (χ2v) is 9.25. The lowest BCUT2D eigenvalue weighted by atomic mass is 10.0. The molecule has 3 heterocycles. The molecule has 1 aromatic carbocycles. The van der Waals surface area contributed by atoms with E-state index in [1.165, 1.54) is 23.5 Å². The molecule has 5 N–H and O–H groups in total. The van der Waals surface area contributed by atoms with Crippen LogP contribution < -0.4 is 26.1 Å². The minimum Gasteiger partial charge on any atom is -0.480 e. The predicted octanol–water partition coefficient (Wildman–Crippen LogP) is 1.85. The van der Waals surface area contributed by atoms with E-state index in [1.54, 1.807) is 12.3 Å². The molecule has 0 saturated carbocycles. The first-order chi connectivity index (χ1) is 15.7. The summed E-state index contributed by atoms with van der Waals surface area (Å²) >= 11 is 7.44. The Bertz CT molecular complexity index is 1040. The number of aromatic nitrogens is 1. The molecule has 0 radical (unpaired) electrons. The number of thiazole rings is 1. The maximum atomic E-state index is 12.8. The van der Waals surface area contributed by atoms with Crippen molar-refractivity contribution in [2.75, 3.05) is 42.5 Å². The average molecular weight is 502 g/mol. The Morgan fingerprint density at radius 1 is 1.33 bits per heavy atom. The van der Waals surface area contributed by atoms with Crippen LogP contribution in [0.15, 0.2) is 29.5 Å². The number of aliphatic carboxylic acids is 1. The van der Waals surface area contributed by atoms with Gasteiger partial charge in [0.2, 0.25) is 0 Å². The minimum atomic E-state index is -2.91. The first-order valence-electron chi connectivity index (χ1n) is 9.98. The van der Waals surface area contributed by atoms with Gasteiger partial charge in [-0.1, -0.05) is 22.9 Å². The van der Waals surface area contributed by atoms with E-state index in [4.69, 9.17) is 28.3 Å². The van der Waals surface area contributed by atoms with E-state index in [9.17, 15) is 13.6 Å². The third kappa shape index (κ3) is 5.37. The normalized spacial score (nSPS) is 20.5. The fraction of sp³-hybridized carbons (Fsp3) is 0.421. The lowest BCUT2D eigenvalue weighted by Gasteiger charge is -2.25. The maximum absolute atomic E-state index is 12.8. The van der Waals surface area contributed by atoms with E-state index >= 15 is 0 Å². The number of alkyl halides is 2. The maximum Gasteiger partial charge on any atom is 0.387 e. The van der Waals surface area contributed by atoms with E-state index < -0.39 is 19.1 Å². The summed E-state index contributed by atoms with van der Waals surface area (Å²) in [5, 5.41) is 14.6. The number of anilines is 2. The van der Waals surface area contributed by atoms with Gasteiger partial charge in [0.05, 0.1) is 16.8 Å². The largest absolute Gasteiger partial charge is 0.480 e. The van der Waals surface area contributed by atoms with Gasteiger partial charge in [0.1, 0.15) is 5.75 Å². The Balaban J connectivity index is 1.41. The van der Waals surface area contributed by atoms with Crippen LogP contribution in [0.25, 0.3) is 0 Å². The first-order valence-corrected chi connectivity index (χ1v) is 11.2. The van der Waals surface area contributed by atoms with Crippen LogP contribution in [0, 0.1) is 11.8 Å². The number of carboxylic acids is 1. The van der Waals surface area contributed by atoms with Crippen molar-refractivity contribution in [2.24, 2.45) is 28.5 Å². The van der Waals surface area contributed by atoms with Gasteiger partial charge in [0, 0.05) is 43.0 Å². The highest BCUT2D eigenvalue weighted by molar-refractivity contribution is 7.17. The molecule has 2 aromatic rings. The lowest BCUT2D eigenvalue weighted by molar-refractivity contribution is -0.138. The van der Waals surface area contributed by atoms with Crippen LogP contribution >= 0.6 is 22.9 Å². The predicted molar refractivity (Wildman–Crippen MR) is 121 cm³/mol. The van der Waals surface area contributed by atoms with Gasteiger partial charge in [-0.05, 0) is 18.2 Å². The molecule has 0 bridgehead atoms. The molecule has 2 atom stereocenters. The Hall–Kier alpha value is -2.90. The molecule has 0 amide bonds. The number of hydrogen-bond donors (Lipinski definition) is 3. The molecule has 178 valence electrons. The van der Waals surface area contributed by atoms with Gasteiger partial charge in [-0.2, -0.15) is 8.78 Å². The molecule has 0 spiro atoms. The van der Waals surface area contributed by atoms with E-state index in [2.05, 4.69) is 19.7 Å². The number of hydrogen-bond acceptors (Lipinski definition) is 9. The summed E-state index contributed by atoms with van der Waals surface area (Å²) < 4.78 is 30.3. The van der Waals surface area contributed by atoms with Crippen molar-refractivity contribution < 1.29 is 23.4 Å². The molecule has 14 heteroatoms. The van der Waals surface area contributed by atoms with Gasteiger partial charge in [-0.25, -0.2) is 15.9 Å². The van der Waals surface area contributed by atoms with Crippen molar-refractivity contribution in [1.82, 2.24) is 10.1 Å². The highest BCUT2D eigenvalue weighted by Gasteiger charge is 2.41. The zero-order valence-corrected chi connectivity index (χ0v) is 18.8. The average Bonchev–Trinajstić information content (AvgIpc) is 3.42. The molecule has 0 aliphatic carbocycles. The fourth-order valence-electron chi connectivity index (χ4n) is 4.17. The van der Waals surface area contributed by atoms with Crippen LogP contribution in [0.1, 0.15) is 4.88 Å². The molecule has 1 aromatic heterocycles. The highest BCUT2D eigenvalue weighted by atomic mass is 35.5. The number of nitrogens with zero attached hydrogens (tertiary/aromatic N) is 5. The van der Waals surface area contributed by atoms with Gasteiger partial charge in [0.15, 0.2) is 17.5 Å². The topological polar surface area (TPSA) is 134 Å². The molecule has 2 saturated heterocycles. The summed E-state index contributed by atoms with van der Waals surface area (Å²) in [7, 11) is 0. The summed E-state index contributed by atoms with van der Waals surface area (Å²) in [6, 6.07) is 4.65. The Labute approximate surface area is 196 Å². The minimum absolute atomic E-state index is 0.0839. The van der Waals surface area contributed by atoms with Crippen molar-refractivity contribution in [3.05, 3.63) is 34.3 Å². The van der Waals surface area contributed by atoms with Crippen LogP contribution in [-0.4, -0.2) is 66.3 Å². The number of rotatable bonds is 8. The number of ether oxygens (including phenoxy) is 1. The van der Waals surface area contributed by atoms with Crippen molar-refractivity contribution >= 4 is 45.6 Å². The Kier molecular flexibility index (Phi) is 6.72. The van der Waals surface area contributed by atoms with Crippen molar-refractivity contribution in [3.63, 3.8) is 0 Å². The standard InChI is InChI=1S/C19H22ClF2N7O3S/c20-12-1-2-14(32-18(21)22)13(3-12)27-5-10-7-28(8-11(10)6-27)19-25-4-15(33-19)17(23)26-29(24)9-16(30)31/h1-4,10-11,18H,5-9,24H2,(H2,23,26)(H,30,31). The third-order valence-electron chi connectivity index (χ3n) is 5.51.